The number of amides is 1. The van der Waals surface area contributed by atoms with Crippen LogP contribution >= 0.6 is 12.4 Å². The molecule has 3 rings (SSSR count). The number of halogens is 1. The van der Waals surface area contributed by atoms with E-state index in [4.69, 9.17) is 5.73 Å². The van der Waals surface area contributed by atoms with E-state index < -0.39 is 5.54 Å². The first-order chi connectivity index (χ1) is 12.8. The fraction of sp³-hybridized carbons (Fsp3) is 0.364. The van der Waals surface area contributed by atoms with Gasteiger partial charge in [0.2, 0.25) is 5.91 Å². The van der Waals surface area contributed by atoms with E-state index in [0.29, 0.717) is 23.2 Å². The van der Waals surface area contributed by atoms with Gasteiger partial charge in [0.25, 0.3) is 0 Å². The first kappa shape index (κ1) is 21.9. The summed E-state index contributed by atoms with van der Waals surface area (Å²) in [6.07, 6.45) is 0.806. The van der Waals surface area contributed by atoms with Crippen LogP contribution in [0.2, 0.25) is 0 Å². The Morgan fingerprint density at radius 2 is 1.57 bits per heavy atom. The van der Waals surface area contributed by atoms with Crippen molar-refractivity contribution in [2.24, 2.45) is 11.7 Å². The first-order valence-electron chi connectivity index (χ1n) is 9.36. The van der Waals surface area contributed by atoms with Crippen LogP contribution in [0.1, 0.15) is 27.2 Å². The summed E-state index contributed by atoms with van der Waals surface area (Å²) < 4.78 is 1.91. The van der Waals surface area contributed by atoms with Gasteiger partial charge in [0.05, 0.1) is 11.0 Å². The lowest BCUT2D eigenvalue weighted by Crippen LogP contribution is -2.53. The number of nitrogens with zero attached hydrogens (tertiary/aromatic N) is 1. The van der Waals surface area contributed by atoms with Crippen molar-refractivity contribution >= 4 is 40.1 Å². The predicted molar refractivity (Wildman–Crippen MR) is 118 cm³/mol. The van der Waals surface area contributed by atoms with E-state index in [1.54, 1.807) is 12.1 Å². The molecule has 0 aliphatic rings. The molecule has 0 saturated carbocycles. The molecule has 1 heterocycles. The molecular weight excluding hydrogens is 374 g/mol. The minimum Gasteiger partial charge on any atom is -0.348 e. The lowest BCUT2D eigenvalue weighted by Gasteiger charge is -2.31. The van der Waals surface area contributed by atoms with E-state index in [1.807, 2.05) is 47.9 Å². The van der Waals surface area contributed by atoms with Crippen LogP contribution < -0.4 is 16.5 Å². The number of pyridine rings is 1. The summed E-state index contributed by atoms with van der Waals surface area (Å²) in [5.41, 5.74) is 6.99. The van der Waals surface area contributed by atoms with Crippen molar-refractivity contribution in [2.75, 3.05) is 6.54 Å². The van der Waals surface area contributed by atoms with Crippen molar-refractivity contribution in [3.8, 4) is 0 Å². The Kier molecular flexibility index (Phi) is 6.86. The van der Waals surface area contributed by atoms with E-state index in [0.717, 1.165) is 17.5 Å². The van der Waals surface area contributed by atoms with Gasteiger partial charge in [-0.15, -0.1) is 12.4 Å². The molecule has 28 heavy (non-hydrogen) atoms. The molecule has 0 aliphatic heterocycles. The van der Waals surface area contributed by atoms with E-state index in [2.05, 4.69) is 19.2 Å². The van der Waals surface area contributed by atoms with Gasteiger partial charge in [0.1, 0.15) is 6.54 Å². The molecule has 0 radical (unpaired) electrons. The zero-order valence-electron chi connectivity index (χ0n) is 16.6. The molecule has 0 aliphatic carbocycles. The number of carbonyl (C=O) groups excluding carboxylic acids is 1. The average Bonchev–Trinajstić information content (AvgIpc) is 2.64. The van der Waals surface area contributed by atoms with E-state index in [-0.39, 0.29) is 30.3 Å². The number of para-hydroxylation sites is 2. The molecule has 150 valence electrons. The molecule has 1 aromatic heterocycles. The molecule has 0 fully saturated rings. The van der Waals surface area contributed by atoms with Crippen molar-refractivity contribution in [3.05, 3.63) is 58.8 Å². The third kappa shape index (κ3) is 4.37. The number of nitrogens with one attached hydrogen (secondary N) is 1. The fourth-order valence-electron chi connectivity index (χ4n) is 3.85. The van der Waals surface area contributed by atoms with Crippen molar-refractivity contribution in [3.63, 3.8) is 0 Å². The molecule has 0 bridgehead atoms. The molecule has 3 aromatic rings. The molecular formula is C22H28ClN3O2. The summed E-state index contributed by atoms with van der Waals surface area (Å²) in [4.78, 5) is 25.7. The number of benzene rings is 2. The second-order valence-electron chi connectivity index (χ2n) is 7.86. The standard InChI is InChI=1S/C22H27N3O2.ClH/c1-15(2)12-22(3,14-23)24-20(26)13-25-18-10-6-4-8-16(18)21(27)17-9-5-7-11-19(17)25;/h4-11,15H,12-14,23H2,1-3H3,(H,24,26);1H. The number of nitrogens with two attached hydrogens (primary N) is 1. The maximum absolute atomic E-state index is 12.9. The average molecular weight is 402 g/mol. The maximum Gasteiger partial charge on any atom is 0.240 e. The normalized spacial score (nSPS) is 13.3. The lowest BCUT2D eigenvalue weighted by atomic mass is 9.90. The van der Waals surface area contributed by atoms with Crippen LogP contribution in [-0.4, -0.2) is 22.6 Å². The molecule has 0 saturated heterocycles. The number of hydrogen-bond acceptors (Lipinski definition) is 3. The highest BCUT2D eigenvalue weighted by Gasteiger charge is 2.26. The van der Waals surface area contributed by atoms with Gasteiger partial charge < -0.3 is 15.6 Å². The Hall–Kier alpha value is -2.37. The summed E-state index contributed by atoms with van der Waals surface area (Å²) in [5.74, 6) is 0.315. The molecule has 0 spiro atoms. The third-order valence-corrected chi connectivity index (χ3v) is 4.93. The van der Waals surface area contributed by atoms with Crippen molar-refractivity contribution in [1.29, 1.82) is 0 Å². The van der Waals surface area contributed by atoms with Gasteiger partial charge >= 0.3 is 0 Å². The minimum absolute atomic E-state index is 0. The topological polar surface area (TPSA) is 77.1 Å². The van der Waals surface area contributed by atoms with E-state index in [1.165, 1.54) is 0 Å². The van der Waals surface area contributed by atoms with Crippen LogP contribution in [0.15, 0.2) is 53.3 Å². The second kappa shape index (κ2) is 8.76. The quantitative estimate of drug-likeness (QED) is 0.621. The summed E-state index contributed by atoms with van der Waals surface area (Å²) >= 11 is 0. The molecule has 1 amide bonds. The van der Waals surface area contributed by atoms with E-state index in [9.17, 15) is 9.59 Å². The van der Waals surface area contributed by atoms with Gasteiger partial charge in [-0.05, 0) is 43.5 Å². The molecule has 1 atom stereocenters. The summed E-state index contributed by atoms with van der Waals surface area (Å²) in [7, 11) is 0. The van der Waals surface area contributed by atoms with Crippen LogP contribution in [0.3, 0.4) is 0 Å². The summed E-state index contributed by atoms with van der Waals surface area (Å²) in [6, 6.07) is 14.8. The zero-order valence-corrected chi connectivity index (χ0v) is 17.4. The SMILES string of the molecule is CC(C)CC(C)(CN)NC(=O)Cn1c2ccccc2c(=O)c2ccccc21.Cl. The van der Waals surface area contributed by atoms with Gasteiger partial charge in [0.15, 0.2) is 5.43 Å². The Labute approximate surface area is 171 Å². The van der Waals surface area contributed by atoms with Crippen LogP contribution in [0, 0.1) is 5.92 Å². The number of carbonyl (C=O) groups is 1. The number of aromatic nitrogens is 1. The van der Waals surface area contributed by atoms with Crippen molar-refractivity contribution in [2.45, 2.75) is 39.3 Å². The van der Waals surface area contributed by atoms with Crippen LogP contribution in [-0.2, 0) is 11.3 Å². The smallest absolute Gasteiger partial charge is 0.240 e. The number of fused-ring (bicyclic) bond motifs is 2. The van der Waals surface area contributed by atoms with Gasteiger partial charge in [-0.2, -0.15) is 0 Å². The molecule has 6 heteroatoms. The Bertz CT molecular complexity index is 985. The van der Waals surface area contributed by atoms with Crippen LogP contribution in [0.5, 0.6) is 0 Å². The van der Waals surface area contributed by atoms with Crippen LogP contribution in [0.4, 0.5) is 0 Å². The zero-order chi connectivity index (χ0) is 19.6. The monoisotopic (exact) mass is 401 g/mol. The highest BCUT2D eigenvalue weighted by molar-refractivity contribution is 5.94. The summed E-state index contributed by atoms with van der Waals surface area (Å²) in [5, 5.41) is 4.34. The highest BCUT2D eigenvalue weighted by atomic mass is 35.5. The van der Waals surface area contributed by atoms with Crippen LogP contribution in [0.25, 0.3) is 21.8 Å². The van der Waals surface area contributed by atoms with Gasteiger partial charge in [0, 0.05) is 22.9 Å². The molecule has 3 N–H and O–H groups in total. The Morgan fingerprint density at radius 1 is 1.07 bits per heavy atom. The Morgan fingerprint density at radius 3 is 2.04 bits per heavy atom. The molecule has 1 unspecified atom stereocenters. The van der Waals surface area contributed by atoms with Gasteiger partial charge in [-0.3, -0.25) is 9.59 Å². The number of rotatable bonds is 6. The fourth-order valence-corrected chi connectivity index (χ4v) is 3.85. The predicted octanol–water partition coefficient (Wildman–Crippen LogP) is 3.46. The molecule has 5 nitrogen and oxygen atoms in total. The van der Waals surface area contributed by atoms with E-state index >= 15 is 0 Å². The number of hydrogen-bond donors (Lipinski definition) is 2. The first-order valence-corrected chi connectivity index (χ1v) is 9.36. The van der Waals surface area contributed by atoms with Crippen molar-refractivity contribution in [1.82, 2.24) is 9.88 Å². The van der Waals surface area contributed by atoms with Gasteiger partial charge in [-0.1, -0.05) is 38.1 Å². The largest absolute Gasteiger partial charge is 0.348 e. The third-order valence-electron chi connectivity index (χ3n) is 4.93. The maximum atomic E-state index is 12.9. The summed E-state index contributed by atoms with van der Waals surface area (Å²) in [6.45, 7) is 6.72. The minimum atomic E-state index is -0.449. The van der Waals surface area contributed by atoms with Crippen molar-refractivity contribution < 1.29 is 4.79 Å². The Balaban J connectivity index is 0.00000280. The lowest BCUT2D eigenvalue weighted by molar-refractivity contribution is -0.123. The molecule has 2 aromatic carbocycles. The highest BCUT2D eigenvalue weighted by Crippen LogP contribution is 2.20. The van der Waals surface area contributed by atoms with Gasteiger partial charge in [-0.25, -0.2) is 0 Å². The second-order valence-corrected chi connectivity index (χ2v) is 7.86.